The second-order valence-corrected chi connectivity index (χ2v) is 15.0. The van der Waals surface area contributed by atoms with E-state index in [9.17, 15) is 9.50 Å². The number of halogens is 2. The zero-order valence-corrected chi connectivity index (χ0v) is 26.5. The number of nitrogens with one attached hydrogen (secondary N) is 1. The molecule has 238 valence electrons. The van der Waals surface area contributed by atoms with Gasteiger partial charge in [0.25, 0.3) is 0 Å². The number of fused-ring (bicyclic) bond motifs is 7. The standard InChI is InChI=1S/C35H42ClFN6O2/c36-28-6-3-5-21-12-26(44)13-31(32(21)28)41-11-10-27-29(19-41)39-34(40-33(27)42-17-24-8-9-25(18-42)38-24)45-20-35-14-22-4-1-2-7-30(22)43(35)16-23(37)15-35/h3,5-6,12-13,22-25,30,38,44H,1-2,4,7-11,14-20H2/t22-,23-,24?,25?,30-,35?/m0/s1. The van der Waals surface area contributed by atoms with Crippen LogP contribution in [0.15, 0.2) is 30.3 Å². The number of phenols is 1. The van der Waals surface area contributed by atoms with Gasteiger partial charge in [0.15, 0.2) is 0 Å². The second-order valence-electron chi connectivity index (χ2n) is 14.6. The Bertz CT molecular complexity index is 1630. The van der Waals surface area contributed by atoms with E-state index < -0.39 is 6.17 Å². The van der Waals surface area contributed by atoms with Gasteiger partial charge in [-0.1, -0.05) is 36.6 Å². The minimum atomic E-state index is -0.801. The maximum absolute atomic E-state index is 15.0. The molecule has 6 aliphatic rings. The number of hydrogen-bond donors (Lipinski definition) is 2. The van der Waals surface area contributed by atoms with Gasteiger partial charge >= 0.3 is 6.01 Å². The molecule has 6 heterocycles. The molecule has 1 saturated carbocycles. The van der Waals surface area contributed by atoms with Gasteiger partial charge in [-0.15, -0.1) is 0 Å². The first-order chi connectivity index (χ1) is 21.9. The molecule has 0 radical (unpaired) electrons. The zero-order valence-electron chi connectivity index (χ0n) is 25.7. The third-order valence-corrected chi connectivity index (χ3v) is 12.1. The molecule has 0 amide bonds. The molecular formula is C35H42ClFN6O2. The first-order valence-electron chi connectivity index (χ1n) is 17.0. The summed E-state index contributed by atoms with van der Waals surface area (Å²) < 4.78 is 21.6. The lowest BCUT2D eigenvalue weighted by atomic mass is 9.81. The number of anilines is 2. The molecule has 8 nitrogen and oxygen atoms in total. The Kier molecular flexibility index (Phi) is 6.83. The van der Waals surface area contributed by atoms with Gasteiger partial charge in [-0.2, -0.15) is 9.97 Å². The summed E-state index contributed by atoms with van der Waals surface area (Å²) in [5.74, 6) is 1.86. The van der Waals surface area contributed by atoms with Gasteiger partial charge in [0, 0.05) is 67.7 Å². The molecule has 3 aromatic rings. The fraction of sp³-hybridized carbons (Fsp3) is 0.600. The Labute approximate surface area is 268 Å². The summed E-state index contributed by atoms with van der Waals surface area (Å²) in [6, 6.07) is 11.2. The van der Waals surface area contributed by atoms with Crippen molar-refractivity contribution in [1.82, 2.24) is 20.2 Å². The molecule has 0 spiro atoms. The molecule has 4 saturated heterocycles. The molecule has 10 heteroatoms. The SMILES string of the molecule is Oc1cc(N2CCc3c(nc(OCC45C[C@H](F)CN4[C@H]4CCCC[C@H]4C5)nc3N3CC4CCC(C3)N4)C2)c2c(Cl)cccc2c1. The van der Waals surface area contributed by atoms with Gasteiger partial charge in [0.2, 0.25) is 0 Å². The molecule has 2 N–H and O–H groups in total. The molecule has 5 aliphatic heterocycles. The molecule has 2 bridgehead atoms. The highest BCUT2D eigenvalue weighted by Gasteiger charge is 2.57. The van der Waals surface area contributed by atoms with Crippen LogP contribution in [-0.2, 0) is 13.0 Å². The molecule has 45 heavy (non-hydrogen) atoms. The van der Waals surface area contributed by atoms with E-state index in [-0.39, 0.29) is 11.3 Å². The summed E-state index contributed by atoms with van der Waals surface area (Å²) in [7, 11) is 0. The number of benzene rings is 2. The van der Waals surface area contributed by atoms with Crippen molar-refractivity contribution in [3.05, 3.63) is 46.6 Å². The molecule has 5 fully saturated rings. The van der Waals surface area contributed by atoms with Crippen molar-refractivity contribution in [2.45, 2.75) is 94.2 Å². The number of nitrogens with zero attached hydrogens (tertiary/aromatic N) is 5. The lowest BCUT2D eigenvalue weighted by Gasteiger charge is -2.38. The first kappa shape index (κ1) is 28.4. The number of piperazine rings is 1. The van der Waals surface area contributed by atoms with E-state index in [1.807, 2.05) is 24.3 Å². The van der Waals surface area contributed by atoms with Crippen molar-refractivity contribution >= 4 is 33.9 Å². The number of ether oxygens (including phenoxy) is 1. The Morgan fingerprint density at radius 3 is 2.73 bits per heavy atom. The van der Waals surface area contributed by atoms with Crippen LogP contribution in [0.25, 0.3) is 10.8 Å². The average Bonchev–Trinajstić information content (AvgIpc) is 3.65. The van der Waals surface area contributed by atoms with Crippen molar-refractivity contribution in [1.29, 1.82) is 0 Å². The van der Waals surface area contributed by atoms with Crippen LogP contribution < -0.4 is 19.9 Å². The topological polar surface area (TPSA) is 77.0 Å². The highest BCUT2D eigenvalue weighted by atomic mass is 35.5. The number of alkyl halides is 1. The van der Waals surface area contributed by atoms with E-state index in [2.05, 4.69) is 20.0 Å². The van der Waals surface area contributed by atoms with Gasteiger partial charge in [0.1, 0.15) is 24.3 Å². The monoisotopic (exact) mass is 632 g/mol. The Hall–Kier alpha value is -2.88. The van der Waals surface area contributed by atoms with Crippen LogP contribution in [-0.4, -0.2) is 82.6 Å². The minimum absolute atomic E-state index is 0.220. The van der Waals surface area contributed by atoms with Crippen molar-refractivity contribution in [2.75, 3.05) is 42.6 Å². The number of aromatic nitrogens is 2. The molecule has 6 atom stereocenters. The van der Waals surface area contributed by atoms with Gasteiger partial charge in [-0.3, -0.25) is 4.90 Å². The van der Waals surface area contributed by atoms with Crippen LogP contribution in [0.4, 0.5) is 15.9 Å². The fourth-order valence-corrected chi connectivity index (χ4v) is 10.2. The molecule has 1 aromatic heterocycles. The highest BCUT2D eigenvalue weighted by molar-refractivity contribution is 6.36. The van der Waals surface area contributed by atoms with Gasteiger partial charge in [-0.25, -0.2) is 4.39 Å². The summed E-state index contributed by atoms with van der Waals surface area (Å²) in [5.41, 5.74) is 2.79. The van der Waals surface area contributed by atoms with Crippen LogP contribution in [0.2, 0.25) is 5.02 Å². The summed E-state index contributed by atoms with van der Waals surface area (Å²) in [4.78, 5) is 17.4. The number of phenolic OH excluding ortho intramolecular Hbond substituents is 1. The fourth-order valence-electron chi connectivity index (χ4n) is 9.90. The lowest BCUT2D eigenvalue weighted by molar-refractivity contribution is 0.0772. The number of rotatable bonds is 5. The summed E-state index contributed by atoms with van der Waals surface area (Å²) in [6.07, 6.45) is 8.87. The minimum Gasteiger partial charge on any atom is -0.508 e. The van der Waals surface area contributed by atoms with Gasteiger partial charge < -0.3 is 25.0 Å². The van der Waals surface area contributed by atoms with E-state index in [0.29, 0.717) is 61.2 Å². The van der Waals surface area contributed by atoms with Gasteiger partial charge in [0.05, 0.1) is 28.5 Å². The molecule has 9 rings (SSSR count). The van der Waals surface area contributed by atoms with Crippen molar-refractivity contribution < 1.29 is 14.2 Å². The summed E-state index contributed by atoms with van der Waals surface area (Å²) in [6.45, 7) is 4.16. The molecule has 3 unspecified atom stereocenters. The van der Waals surface area contributed by atoms with Crippen LogP contribution in [0.1, 0.15) is 62.6 Å². The highest BCUT2D eigenvalue weighted by Crippen LogP contribution is 2.51. The maximum atomic E-state index is 15.0. The van der Waals surface area contributed by atoms with E-state index in [1.54, 1.807) is 6.07 Å². The third kappa shape index (κ3) is 4.83. The largest absolute Gasteiger partial charge is 0.508 e. The van der Waals surface area contributed by atoms with Crippen LogP contribution >= 0.6 is 11.6 Å². The van der Waals surface area contributed by atoms with E-state index in [0.717, 1.165) is 60.4 Å². The summed E-state index contributed by atoms with van der Waals surface area (Å²) in [5, 5.41) is 16.9. The predicted octanol–water partition coefficient (Wildman–Crippen LogP) is 5.62. The smallest absolute Gasteiger partial charge is 0.318 e. The van der Waals surface area contributed by atoms with Crippen molar-refractivity contribution in [3.63, 3.8) is 0 Å². The van der Waals surface area contributed by atoms with Crippen molar-refractivity contribution in [2.24, 2.45) is 5.92 Å². The Balaban J connectivity index is 1.06. The molecule has 1 aliphatic carbocycles. The van der Waals surface area contributed by atoms with Crippen LogP contribution in [0, 0.1) is 5.92 Å². The van der Waals surface area contributed by atoms with Crippen LogP contribution in [0.5, 0.6) is 11.8 Å². The lowest BCUT2D eigenvalue weighted by Crippen LogP contribution is -2.52. The summed E-state index contributed by atoms with van der Waals surface area (Å²) >= 11 is 6.72. The third-order valence-electron chi connectivity index (χ3n) is 11.8. The van der Waals surface area contributed by atoms with E-state index in [4.69, 9.17) is 26.3 Å². The van der Waals surface area contributed by atoms with Crippen LogP contribution in [0.3, 0.4) is 0 Å². The number of hydrogen-bond acceptors (Lipinski definition) is 8. The van der Waals surface area contributed by atoms with E-state index >= 15 is 0 Å². The second kappa shape index (κ2) is 10.8. The maximum Gasteiger partial charge on any atom is 0.318 e. The van der Waals surface area contributed by atoms with Gasteiger partial charge in [-0.05, 0) is 62.0 Å². The number of aromatic hydroxyl groups is 1. The Morgan fingerprint density at radius 1 is 1.02 bits per heavy atom. The predicted molar refractivity (Wildman–Crippen MR) is 174 cm³/mol. The van der Waals surface area contributed by atoms with E-state index in [1.165, 1.54) is 44.1 Å². The molecular weight excluding hydrogens is 591 g/mol. The average molecular weight is 633 g/mol. The Morgan fingerprint density at radius 2 is 1.87 bits per heavy atom. The quantitative estimate of drug-likeness (QED) is 0.376. The first-order valence-corrected chi connectivity index (χ1v) is 17.4. The molecule has 2 aromatic carbocycles. The van der Waals surface area contributed by atoms with Crippen molar-refractivity contribution in [3.8, 4) is 11.8 Å². The normalized spacial score (nSPS) is 32.5. The zero-order chi connectivity index (χ0) is 30.3.